The Balaban J connectivity index is 1.79. The molecular weight excluding hydrogens is 288 g/mol. The third-order valence-electron chi connectivity index (χ3n) is 3.50. The van der Waals surface area contributed by atoms with E-state index in [1.807, 2.05) is 37.4 Å². The van der Waals surface area contributed by atoms with Crippen LogP contribution in [-0.4, -0.2) is 19.5 Å². The Kier molecular flexibility index (Phi) is 6.63. The maximum absolute atomic E-state index is 11.6. The molecule has 1 amide bonds. The summed E-state index contributed by atoms with van der Waals surface area (Å²) in [6.07, 6.45) is 0.494. The average Bonchev–Trinajstić information content (AvgIpc) is 2.57. The van der Waals surface area contributed by atoms with Gasteiger partial charge in [-0.05, 0) is 37.2 Å². The first-order valence-corrected chi connectivity index (χ1v) is 7.86. The molecule has 2 aromatic rings. The number of amides is 1. The molecule has 0 bridgehead atoms. The van der Waals surface area contributed by atoms with Crippen LogP contribution in [0.3, 0.4) is 0 Å². The van der Waals surface area contributed by atoms with Crippen LogP contribution in [0.15, 0.2) is 48.5 Å². The molecule has 0 aliphatic rings. The van der Waals surface area contributed by atoms with Gasteiger partial charge in [-0.3, -0.25) is 4.79 Å². The van der Waals surface area contributed by atoms with Crippen molar-refractivity contribution in [2.45, 2.75) is 26.5 Å². The van der Waals surface area contributed by atoms with Crippen LogP contribution in [0.25, 0.3) is 0 Å². The number of carbonyl (C=O) groups excluding carboxylic acids is 1. The molecule has 0 radical (unpaired) electrons. The van der Waals surface area contributed by atoms with Crippen molar-refractivity contribution in [2.24, 2.45) is 0 Å². The van der Waals surface area contributed by atoms with Crippen molar-refractivity contribution in [3.63, 3.8) is 0 Å². The zero-order valence-electron chi connectivity index (χ0n) is 13.8. The minimum Gasteiger partial charge on any atom is -0.489 e. The van der Waals surface area contributed by atoms with Crippen molar-refractivity contribution >= 4 is 5.91 Å². The van der Waals surface area contributed by atoms with E-state index < -0.39 is 0 Å². The lowest BCUT2D eigenvalue weighted by atomic mass is 10.1. The average molecular weight is 312 g/mol. The van der Waals surface area contributed by atoms with Gasteiger partial charge in [-0.2, -0.15) is 0 Å². The van der Waals surface area contributed by atoms with Crippen LogP contribution in [0.2, 0.25) is 0 Å². The highest BCUT2D eigenvalue weighted by Crippen LogP contribution is 2.14. The topological polar surface area (TPSA) is 50.4 Å². The van der Waals surface area contributed by atoms with Gasteiger partial charge in [0.1, 0.15) is 12.4 Å². The molecule has 2 aromatic carbocycles. The van der Waals surface area contributed by atoms with Crippen LogP contribution < -0.4 is 15.4 Å². The van der Waals surface area contributed by atoms with Crippen LogP contribution >= 0.6 is 0 Å². The Labute approximate surface area is 137 Å². The number of benzene rings is 2. The number of nitrogens with one attached hydrogen (secondary N) is 2. The van der Waals surface area contributed by atoms with Gasteiger partial charge in [0.15, 0.2) is 0 Å². The first-order chi connectivity index (χ1) is 11.2. The molecule has 0 saturated carbocycles. The predicted octanol–water partition coefficient (Wildman–Crippen LogP) is 2.80. The molecule has 0 heterocycles. The SMILES string of the molecule is CNCCC(=O)NCc1ccc(OCc2cccc(C)c2)cc1. The van der Waals surface area contributed by atoms with Crippen molar-refractivity contribution in [3.05, 3.63) is 65.2 Å². The summed E-state index contributed by atoms with van der Waals surface area (Å²) in [4.78, 5) is 11.6. The van der Waals surface area contributed by atoms with Gasteiger partial charge < -0.3 is 15.4 Å². The number of aryl methyl sites for hydroxylation is 1. The molecule has 23 heavy (non-hydrogen) atoms. The van der Waals surface area contributed by atoms with E-state index in [9.17, 15) is 4.79 Å². The largest absolute Gasteiger partial charge is 0.489 e. The van der Waals surface area contributed by atoms with Gasteiger partial charge in [-0.15, -0.1) is 0 Å². The van der Waals surface area contributed by atoms with Crippen molar-refractivity contribution in [1.29, 1.82) is 0 Å². The van der Waals surface area contributed by atoms with Gasteiger partial charge in [-0.1, -0.05) is 42.0 Å². The fourth-order valence-corrected chi connectivity index (χ4v) is 2.20. The summed E-state index contributed by atoms with van der Waals surface area (Å²) < 4.78 is 5.79. The van der Waals surface area contributed by atoms with Crippen LogP contribution in [0, 0.1) is 6.92 Å². The maximum atomic E-state index is 11.6. The van der Waals surface area contributed by atoms with E-state index in [1.165, 1.54) is 5.56 Å². The summed E-state index contributed by atoms with van der Waals surface area (Å²) in [7, 11) is 1.84. The zero-order valence-corrected chi connectivity index (χ0v) is 13.8. The molecule has 4 heteroatoms. The monoisotopic (exact) mass is 312 g/mol. The van der Waals surface area contributed by atoms with Gasteiger partial charge in [0.25, 0.3) is 0 Å². The van der Waals surface area contributed by atoms with Gasteiger partial charge in [-0.25, -0.2) is 0 Å². The second-order valence-electron chi connectivity index (χ2n) is 5.55. The third-order valence-corrected chi connectivity index (χ3v) is 3.50. The number of hydrogen-bond acceptors (Lipinski definition) is 3. The fourth-order valence-electron chi connectivity index (χ4n) is 2.20. The lowest BCUT2D eigenvalue weighted by Crippen LogP contribution is -2.26. The summed E-state index contributed by atoms with van der Waals surface area (Å²) in [5, 5.41) is 5.86. The van der Waals surface area contributed by atoms with E-state index >= 15 is 0 Å². The molecule has 0 aromatic heterocycles. The standard InChI is InChI=1S/C19H24N2O2/c1-15-4-3-5-17(12-15)14-23-18-8-6-16(7-9-18)13-21-19(22)10-11-20-2/h3-9,12,20H,10-11,13-14H2,1-2H3,(H,21,22). The zero-order chi connectivity index (χ0) is 16.5. The van der Waals surface area contributed by atoms with E-state index in [2.05, 4.69) is 35.8 Å². The Morgan fingerprint density at radius 1 is 1.09 bits per heavy atom. The number of rotatable bonds is 8. The molecule has 0 atom stereocenters. The van der Waals surface area contributed by atoms with Crippen molar-refractivity contribution in [1.82, 2.24) is 10.6 Å². The van der Waals surface area contributed by atoms with Crippen molar-refractivity contribution in [2.75, 3.05) is 13.6 Å². The molecule has 122 valence electrons. The molecule has 0 fully saturated rings. The Morgan fingerprint density at radius 2 is 1.87 bits per heavy atom. The summed E-state index contributed by atoms with van der Waals surface area (Å²) in [5.41, 5.74) is 3.45. The Morgan fingerprint density at radius 3 is 2.57 bits per heavy atom. The van der Waals surface area contributed by atoms with E-state index in [4.69, 9.17) is 4.74 Å². The minimum absolute atomic E-state index is 0.0547. The Hall–Kier alpha value is -2.33. The third kappa shape index (κ3) is 6.12. The summed E-state index contributed by atoms with van der Waals surface area (Å²) >= 11 is 0. The minimum atomic E-state index is 0.0547. The van der Waals surface area contributed by atoms with E-state index in [0.29, 0.717) is 26.1 Å². The molecule has 0 spiro atoms. The molecule has 0 unspecified atom stereocenters. The van der Waals surface area contributed by atoms with E-state index in [1.54, 1.807) is 0 Å². The van der Waals surface area contributed by atoms with Crippen molar-refractivity contribution < 1.29 is 9.53 Å². The summed E-state index contributed by atoms with van der Waals surface area (Å²) in [6.45, 7) is 3.86. The lowest BCUT2D eigenvalue weighted by Gasteiger charge is -2.09. The lowest BCUT2D eigenvalue weighted by molar-refractivity contribution is -0.121. The second kappa shape index (κ2) is 8.96. The maximum Gasteiger partial charge on any atom is 0.221 e. The summed E-state index contributed by atoms with van der Waals surface area (Å²) in [6, 6.07) is 16.1. The molecule has 0 aliphatic heterocycles. The van der Waals surface area contributed by atoms with Gasteiger partial charge >= 0.3 is 0 Å². The van der Waals surface area contributed by atoms with Crippen LogP contribution in [0.4, 0.5) is 0 Å². The summed E-state index contributed by atoms with van der Waals surface area (Å²) in [5.74, 6) is 0.885. The molecular formula is C19H24N2O2. The molecule has 2 rings (SSSR count). The quantitative estimate of drug-likeness (QED) is 0.788. The highest BCUT2D eigenvalue weighted by atomic mass is 16.5. The van der Waals surface area contributed by atoms with Crippen LogP contribution in [0.5, 0.6) is 5.75 Å². The number of ether oxygens (including phenoxy) is 1. The highest BCUT2D eigenvalue weighted by Gasteiger charge is 2.01. The molecule has 4 nitrogen and oxygen atoms in total. The van der Waals surface area contributed by atoms with E-state index in [-0.39, 0.29) is 5.91 Å². The van der Waals surface area contributed by atoms with E-state index in [0.717, 1.165) is 16.9 Å². The van der Waals surface area contributed by atoms with Crippen LogP contribution in [0.1, 0.15) is 23.1 Å². The second-order valence-corrected chi connectivity index (χ2v) is 5.55. The molecule has 0 saturated heterocycles. The highest BCUT2D eigenvalue weighted by molar-refractivity contribution is 5.76. The fraction of sp³-hybridized carbons (Fsp3) is 0.316. The van der Waals surface area contributed by atoms with Crippen LogP contribution in [-0.2, 0) is 17.9 Å². The number of carbonyl (C=O) groups is 1. The first-order valence-electron chi connectivity index (χ1n) is 7.86. The smallest absolute Gasteiger partial charge is 0.221 e. The first kappa shape index (κ1) is 17.0. The molecule has 2 N–H and O–H groups in total. The van der Waals surface area contributed by atoms with Gasteiger partial charge in [0.05, 0.1) is 0 Å². The van der Waals surface area contributed by atoms with Crippen molar-refractivity contribution in [3.8, 4) is 5.75 Å². The molecule has 0 aliphatic carbocycles. The predicted molar refractivity (Wildman–Crippen MR) is 92.3 cm³/mol. The normalized spacial score (nSPS) is 10.3. The van der Waals surface area contributed by atoms with Gasteiger partial charge in [0.2, 0.25) is 5.91 Å². The number of hydrogen-bond donors (Lipinski definition) is 2. The Bertz CT molecular complexity index is 624. The van der Waals surface area contributed by atoms with Gasteiger partial charge in [0, 0.05) is 19.5 Å².